The van der Waals surface area contributed by atoms with E-state index in [2.05, 4.69) is 15.4 Å². The van der Waals surface area contributed by atoms with Crippen molar-refractivity contribution in [3.8, 4) is 5.69 Å². The summed E-state index contributed by atoms with van der Waals surface area (Å²) >= 11 is 0. The van der Waals surface area contributed by atoms with Crippen molar-refractivity contribution in [1.82, 2.24) is 29.2 Å². The van der Waals surface area contributed by atoms with E-state index >= 15 is 0 Å². The van der Waals surface area contributed by atoms with Gasteiger partial charge in [0.25, 0.3) is 11.6 Å². The van der Waals surface area contributed by atoms with Gasteiger partial charge >= 0.3 is 5.69 Å². The van der Waals surface area contributed by atoms with Crippen molar-refractivity contribution in [2.45, 2.75) is 38.8 Å². The molecule has 0 saturated heterocycles. The molecule has 0 spiro atoms. The van der Waals surface area contributed by atoms with Crippen molar-refractivity contribution in [3.05, 3.63) is 68.9 Å². The molecule has 1 aromatic carbocycles. The van der Waals surface area contributed by atoms with E-state index < -0.39 is 10.8 Å². The Bertz CT molecular complexity index is 1130. The van der Waals surface area contributed by atoms with Gasteiger partial charge in [-0.1, -0.05) is 0 Å². The van der Waals surface area contributed by atoms with E-state index in [-0.39, 0.29) is 16.9 Å². The number of carbonyl (C=O) groups excluding carboxylic acids is 1. The molecular weight excluding hydrogens is 390 g/mol. The maximum atomic E-state index is 12.4. The molecule has 30 heavy (non-hydrogen) atoms. The number of hydrogen-bond acceptors (Lipinski definition) is 6. The molecule has 156 valence electrons. The lowest BCUT2D eigenvalue weighted by Gasteiger charge is -2.09. The minimum atomic E-state index is -0.529. The van der Waals surface area contributed by atoms with E-state index in [4.69, 9.17) is 0 Å². The van der Waals surface area contributed by atoms with E-state index in [1.54, 1.807) is 10.8 Å². The van der Waals surface area contributed by atoms with Gasteiger partial charge < -0.3 is 9.88 Å². The van der Waals surface area contributed by atoms with Crippen LogP contribution >= 0.6 is 0 Å². The summed E-state index contributed by atoms with van der Waals surface area (Å²) in [5, 5.41) is 18.5. The predicted octanol–water partition coefficient (Wildman–Crippen LogP) is 1.30. The van der Waals surface area contributed by atoms with Crippen LogP contribution in [0.5, 0.6) is 0 Å². The molecule has 0 radical (unpaired) electrons. The van der Waals surface area contributed by atoms with Gasteiger partial charge in [0, 0.05) is 50.1 Å². The number of hydrogen-bond donors (Lipinski definition) is 1. The largest absolute Gasteiger partial charge is 0.352 e. The van der Waals surface area contributed by atoms with Gasteiger partial charge in [0.1, 0.15) is 11.5 Å². The number of amides is 1. The first-order valence-electron chi connectivity index (χ1n) is 9.76. The summed E-state index contributed by atoms with van der Waals surface area (Å²) in [6.07, 6.45) is 7.94. The average Bonchev–Trinajstić information content (AvgIpc) is 3.39. The molecule has 1 aliphatic rings. The Hall–Kier alpha value is -3.76. The molecule has 0 aliphatic carbocycles. The number of rotatable bonds is 7. The molecular formula is C19H21N7O4. The number of nitrogens with zero attached hydrogens (tertiary/aromatic N) is 6. The summed E-state index contributed by atoms with van der Waals surface area (Å²) in [6, 6.07) is 4.30. The van der Waals surface area contributed by atoms with E-state index in [1.807, 2.05) is 0 Å². The van der Waals surface area contributed by atoms with Crippen LogP contribution in [-0.4, -0.2) is 41.3 Å². The van der Waals surface area contributed by atoms with Crippen LogP contribution in [0.1, 0.15) is 35.4 Å². The van der Waals surface area contributed by atoms with Crippen LogP contribution in [0.3, 0.4) is 0 Å². The quantitative estimate of drug-likeness (QED) is 0.354. The number of nitro benzene ring substituents is 1. The first-order valence-corrected chi connectivity index (χ1v) is 9.76. The van der Waals surface area contributed by atoms with E-state index in [1.165, 1.54) is 40.0 Å². The third kappa shape index (κ3) is 3.86. The van der Waals surface area contributed by atoms with Crippen molar-refractivity contribution in [2.24, 2.45) is 0 Å². The fourth-order valence-corrected chi connectivity index (χ4v) is 3.56. The number of nitro groups is 1. The van der Waals surface area contributed by atoms with Gasteiger partial charge in [-0.15, -0.1) is 0 Å². The molecule has 0 fully saturated rings. The van der Waals surface area contributed by atoms with Gasteiger partial charge in [0.15, 0.2) is 0 Å². The number of aryl methyl sites for hydroxylation is 2. The minimum absolute atomic E-state index is 0.109. The number of nitrogens with one attached hydrogen (secondary N) is 1. The highest BCUT2D eigenvalue weighted by Gasteiger charge is 2.19. The summed E-state index contributed by atoms with van der Waals surface area (Å²) in [4.78, 5) is 39.5. The zero-order valence-electron chi connectivity index (χ0n) is 16.2. The van der Waals surface area contributed by atoms with Crippen LogP contribution in [0.25, 0.3) is 5.69 Å². The van der Waals surface area contributed by atoms with Crippen molar-refractivity contribution in [2.75, 3.05) is 6.54 Å². The van der Waals surface area contributed by atoms with Crippen molar-refractivity contribution in [1.29, 1.82) is 0 Å². The zero-order valence-corrected chi connectivity index (χ0v) is 16.2. The molecule has 0 saturated carbocycles. The summed E-state index contributed by atoms with van der Waals surface area (Å²) in [5.74, 6) is 0.410. The van der Waals surface area contributed by atoms with Crippen LogP contribution < -0.4 is 11.0 Å². The molecule has 3 aromatic rings. The second-order valence-electron chi connectivity index (χ2n) is 7.07. The van der Waals surface area contributed by atoms with Crippen molar-refractivity contribution in [3.63, 3.8) is 0 Å². The summed E-state index contributed by atoms with van der Waals surface area (Å²) < 4.78 is 4.67. The van der Waals surface area contributed by atoms with Crippen LogP contribution in [-0.2, 0) is 19.5 Å². The van der Waals surface area contributed by atoms with Crippen LogP contribution in [0, 0.1) is 10.1 Å². The van der Waals surface area contributed by atoms with E-state index in [0.29, 0.717) is 31.7 Å². The van der Waals surface area contributed by atoms with Crippen molar-refractivity contribution >= 4 is 11.6 Å². The Morgan fingerprint density at radius 3 is 2.90 bits per heavy atom. The lowest BCUT2D eigenvalue weighted by atomic mass is 10.1. The Morgan fingerprint density at radius 1 is 1.30 bits per heavy atom. The van der Waals surface area contributed by atoms with Gasteiger partial charge in [-0.25, -0.2) is 14.5 Å². The highest BCUT2D eigenvalue weighted by atomic mass is 16.6. The number of benzene rings is 1. The normalized spacial score (nSPS) is 13.1. The summed E-state index contributed by atoms with van der Waals surface area (Å²) in [7, 11) is 0. The van der Waals surface area contributed by atoms with E-state index in [0.717, 1.165) is 25.1 Å². The Kier molecular flexibility index (Phi) is 5.42. The highest BCUT2D eigenvalue weighted by Crippen LogP contribution is 2.24. The maximum absolute atomic E-state index is 12.4. The van der Waals surface area contributed by atoms with Gasteiger partial charge in [-0.05, 0) is 31.4 Å². The van der Waals surface area contributed by atoms with E-state index in [9.17, 15) is 19.7 Å². The first kappa shape index (κ1) is 19.6. The molecule has 1 N–H and O–H groups in total. The predicted molar refractivity (Wildman–Crippen MR) is 107 cm³/mol. The fourth-order valence-electron chi connectivity index (χ4n) is 3.56. The highest BCUT2D eigenvalue weighted by molar-refractivity contribution is 5.95. The standard InChI is InChI=1S/C19H21N7O4/c27-18(14-5-6-15(16(12-14)26(29)30)23-11-8-20-13-23)21-7-3-10-25-19(28)24-9-2-1-4-17(24)22-25/h5-6,8,11-13H,1-4,7,9-10H2,(H,21,27). The van der Waals surface area contributed by atoms with Crippen LogP contribution in [0.4, 0.5) is 5.69 Å². The third-order valence-corrected chi connectivity index (χ3v) is 5.08. The lowest BCUT2D eigenvalue weighted by Crippen LogP contribution is -2.29. The molecule has 1 aliphatic heterocycles. The van der Waals surface area contributed by atoms with Gasteiger partial charge in [0.05, 0.1) is 11.3 Å². The maximum Gasteiger partial charge on any atom is 0.345 e. The molecule has 4 rings (SSSR count). The molecule has 1 amide bonds. The van der Waals surface area contributed by atoms with Crippen LogP contribution in [0.2, 0.25) is 0 Å². The van der Waals surface area contributed by atoms with Crippen LogP contribution in [0.15, 0.2) is 41.7 Å². The molecule has 0 atom stereocenters. The Balaban J connectivity index is 1.37. The fraction of sp³-hybridized carbons (Fsp3) is 0.368. The molecule has 0 bridgehead atoms. The van der Waals surface area contributed by atoms with Gasteiger partial charge in [-0.3, -0.25) is 19.5 Å². The number of fused-ring (bicyclic) bond motifs is 1. The second-order valence-corrected chi connectivity index (χ2v) is 7.07. The number of aromatic nitrogens is 5. The molecule has 11 nitrogen and oxygen atoms in total. The monoisotopic (exact) mass is 411 g/mol. The number of imidazole rings is 1. The summed E-state index contributed by atoms with van der Waals surface area (Å²) in [5.41, 5.74) is 0.231. The first-order chi connectivity index (χ1) is 14.5. The lowest BCUT2D eigenvalue weighted by molar-refractivity contribution is -0.384. The SMILES string of the molecule is O=C(NCCCn1nc2n(c1=O)CCCC2)c1ccc(-n2ccnc2)c([N+](=O)[O-])c1. The third-order valence-electron chi connectivity index (χ3n) is 5.08. The minimum Gasteiger partial charge on any atom is -0.352 e. The Morgan fingerprint density at radius 2 is 2.17 bits per heavy atom. The number of carbonyl (C=O) groups is 1. The molecule has 11 heteroatoms. The van der Waals surface area contributed by atoms with Gasteiger partial charge in [-0.2, -0.15) is 5.10 Å². The topological polar surface area (TPSA) is 130 Å². The second kappa shape index (κ2) is 8.31. The zero-order chi connectivity index (χ0) is 21.1. The average molecular weight is 411 g/mol. The van der Waals surface area contributed by atoms with Gasteiger partial charge in [0.2, 0.25) is 0 Å². The Labute approximate surface area is 171 Å². The smallest absolute Gasteiger partial charge is 0.345 e. The molecule has 0 unspecified atom stereocenters. The molecule has 2 aromatic heterocycles. The van der Waals surface area contributed by atoms with Crippen molar-refractivity contribution < 1.29 is 9.72 Å². The summed E-state index contributed by atoms with van der Waals surface area (Å²) in [6.45, 7) is 1.43. The molecule has 3 heterocycles.